The molecule has 1 saturated heterocycles. The van der Waals surface area contributed by atoms with Gasteiger partial charge in [-0.1, -0.05) is 11.6 Å². The molecular weight excluding hydrogens is 376 g/mol. The third-order valence-corrected chi connectivity index (χ3v) is 7.13. The third kappa shape index (κ3) is 3.00. The number of fused-ring (bicyclic) bond motifs is 1. The molecule has 3 heterocycles. The number of aromatic amines is 1. The Morgan fingerprint density at radius 1 is 1.35 bits per heavy atom. The lowest BCUT2D eigenvalue weighted by atomic mass is 10.1. The summed E-state index contributed by atoms with van der Waals surface area (Å²) in [5.74, 6) is 1.37. The average molecular weight is 397 g/mol. The van der Waals surface area contributed by atoms with Gasteiger partial charge in [0.05, 0.1) is 16.0 Å². The summed E-state index contributed by atoms with van der Waals surface area (Å²) in [5.41, 5.74) is 0.847. The van der Waals surface area contributed by atoms with Crippen LogP contribution in [0.2, 0.25) is 5.02 Å². The molecule has 1 aromatic heterocycles. The van der Waals surface area contributed by atoms with Gasteiger partial charge >= 0.3 is 0 Å². The molecule has 0 radical (unpaired) electrons. The van der Waals surface area contributed by atoms with Crippen molar-refractivity contribution >= 4 is 21.6 Å². The van der Waals surface area contributed by atoms with E-state index in [2.05, 4.69) is 14.9 Å². The number of ether oxygens (including phenoxy) is 1. The summed E-state index contributed by atoms with van der Waals surface area (Å²) in [6.07, 6.45) is 4.10. The van der Waals surface area contributed by atoms with Gasteiger partial charge in [-0.05, 0) is 26.1 Å². The van der Waals surface area contributed by atoms with Gasteiger partial charge in [0, 0.05) is 44.0 Å². The highest BCUT2D eigenvalue weighted by molar-refractivity contribution is 7.89. The van der Waals surface area contributed by atoms with E-state index in [4.69, 9.17) is 16.3 Å². The van der Waals surface area contributed by atoms with Crippen LogP contribution in [-0.2, 0) is 16.4 Å². The molecule has 1 N–H and O–H groups in total. The van der Waals surface area contributed by atoms with E-state index in [1.54, 1.807) is 18.5 Å². The maximum atomic E-state index is 13.2. The maximum Gasteiger partial charge on any atom is 0.243 e. The number of aromatic nitrogens is 2. The SMILES string of the molecule is C[C@H]1Cc2cc(S(=O)(=O)N3CCN(C)[C@@H](c4ncc[nH]4)C3)cc(Cl)c2O1. The topological polar surface area (TPSA) is 78.5 Å². The van der Waals surface area contributed by atoms with Gasteiger partial charge in [0.1, 0.15) is 17.7 Å². The standard InChI is InChI=1S/C17H21ClN4O3S/c1-11-7-12-8-13(9-14(18)16(12)25-11)26(23,24)22-6-5-21(2)15(10-22)17-19-3-4-20-17/h3-4,8-9,11,15H,5-7,10H2,1-2H3,(H,19,20)/t11-,15+/m0/s1. The monoisotopic (exact) mass is 396 g/mol. The Bertz CT molecular complexity index is 916. The predicted octanol–water partition coefficient (Wildman–Crippen LogP) is 2.06. The highest BCUT2D eigenvalue weighted by Gasteiger charge is 2.36. The summed E-state index contributed by atoms with van der Waals surface area (Å²) in [6, 6.07) is 3.08. The summed E-state index contributed by atoms with van der Waals surface area (Å²) >= 11 is 6.29. The van der Waals surface area contributed by atoms with Gasteiger partial charge in [0.2, 0.25) is 10.0 Å². The first-order valence-corrected chi connectivity index (χ1v) is 10.4. The summed E-state index contributed by atoms with van der Waals surface area (Å²) in [4.78, 5) is 9.71. The number of likely N-dealkylation sites (N-methyl/N-ethyl adjacent to an activating group) is 1. The van der Waals surface area contributed by atoms with E-state index in [1.807, 2.05) is 14.0 Å². The van der Waals surface area contributed by atoms with Gasteiger partial charge in [0.15, 0.2) is 0 Å². The van der Waals surface area contributed by atoms with E-state index in [0.29, 0.717) is 36.8 Å². The van der Waals surface area contributed by atoms with E-state index < -0.39 is 10.0 Å². The maximum absolute atomic E-state index is 13.2. The van der Waals surface area contributed by atoms with Crippen LogP contribution < -0.4 is 4.74 Å². The molecule has 0 saturated carbocycles. The quantitative estimate of drug-likeness (QED) is 0.859. The fourth-order valence-electron chi connectivity index (χ4n) is 3.58. The van der Waals surface area contributed by atoms with Gasteiger partial charge < -0.3 is 9.72 Å². The summed E-state index contributed by atoms with van der Waals surface area (Å²) in [5, 5.41) is 0.349. The largest absolute Gasteiger partial charge is 0.489 e. The number of nitrogens with zero attached hydrogens (tertiary/aromatic N) is 3. The second-order valence-electron chi connectivity index (χ2n) is 6.86. The minimum atomic E-state index is -3.65. The lowest BCUT2D eigenvalue weighted by Gasteiger charge is -2.37. The number of nitrogens with one attached hydrogen (secondary N) is 1. The van der Waals surface area contributed by atoms with Crippen LogP contribution >= 0.6 is 11.6 Å². The number of sulfonamides is 1. The third-order valence-electron chi connectivity index (χ3n) is 5.00. The Labute approximate surface area is 158 Å². The van der Waals surface area contributed by atoms with Crippen molar-refractivity contribution in [1.29, 1.82) is 0 Å². The minimum absolute atomic E-state index is 0.00687. The van der Waals surface area contributed by atoms with Crippen LogP contribution in [0.25, 0.3) is 0 Å². The zero-order valence-corrected chi connectivity index (χ0v) is 16.2. The molecule has 26 heavy (non-hydrogen) atoms. The van der Waals surface area contributed by atoms with Crippen LogP contribution in [0.1, 0.15) is 24.4 Å². The van der Waals surface area contributed by atoms with Crippen molar-refractivity contribution < 1.29 is 13.2 Å². The number of hydrogen-bond donors (Lipinski definition) is 1. The molecule has 4 rings (SSSR count). The molecule has 0 unspecified atom stereocenters. The number of halogens is 1. The normalized spacial score (nSPS) is 24.4. The lowest BCUT2D eigenvalue weighted by molar-refractivity contribution is 0.142. The van der Waals surface area contributed by atoms with Crippen molar-refractivity contribution in [1.82, 2.24) is 19.2 Å². The van der Waals surface area contributed by atoms with E-state index in [1.165, 1.54) is 10.4 Å². The number of benzene rings is 1. The second-order valence-corrected chi connectivity index (χ2v) is 9.20. The van der Waals surface area contributed by atoms with Crippen molar-refractivity contribution in [3.63, 3.8) is 0 Å². The molecule has 2 atom stereocenters. The van der Waals surface area contributed by atoms with Gasteiger partial charge in [-0.15, -0.1) is 0 Å². The molecule has 1 fully saturated rings. The van der Waals surface area contributed by atoms with Crippen LogP contribution in [-0.4, -0.2) is 60.4 Å². The molecule has 7 nitrogen and oxygen atoms in total. The lowest BCUT2D eigenvalue weighted by Crippen LogP contribution is -2.49. The van der Waals surface area contributed by atoms with Crippen LogP contribution in [0.5, 0.6) is 5.75 Å². The van der Waals surface area contributed by atoms with E-state index in [9.17, 15) is 8.42 Å². The molecule has 9 heteroatoms. The zero-order chi connectivity index (χ0) is 18.5. The number of rotatable bonds is 3. The first-order valence-electron chi connectivity index (χ1n) is 8.55. The Balaban J connectivity index is 1.65. The van der Waals surface area contributed by atoms with E-state index in [-0.39, 0.29) is 17.0 Å². The predicted molar refractivity (Wildman–Crippen MR) is 98.0 cm³/mol. The highest BCUT2D eigenvalue weighted by atomic mass is 35.5. The van der Waals surface area contributed by atoms with Gasteiger partial charge in [-0.2, -0.15) is 4.31 Å². The molecular formula is C17H21ClN4O3S. The Morgan fingerprint density at radius 2 is 2.15 bits per heavy atom. The molecule has 0 amide bonds. The van der Waals surface area contributed by atoms with Crippen LogP contribution in [0, 0.1) is 0 Å². The van der Waals surface area contributed by atoms with Crippen LogP contribution in [0.3, 0.4) is 0 Å². The zero-order valence-electron chi connectivity index (χ0n) is 14.6. The first kappa shape index (κ1) is 17.8. The Hall–Kier alpha value is -1.61. The van der Waals surface area contributed by atoms with Gasteiger partial charge in [0.25, 0.3) is 0 Å². The smallest absolute Gasteiger partial charge is 0.243 e. The summed E-state index contributed by atoms with van der Waals surface area (Å²) in [6.45, 7) is 3.34. The fourth-order valence-corrected chi connectivity index (χ4v) is 5.44. The van der Waals surface area contributed by atoms with E-state index in [0.717, 1.165) is 11.4 Å². The van der Waals surface area contributed by atoms with E-state index >= 15 is 0 Å². The summed E-state index contributed by atoms with van der Waals surface area (Å²) < 4.78 is 33.6. The number of H-pyrrole nitrogens is 1. The highest BCUT2D eigenvalue weighted by Crippen LogP contribution is 2.39. The summed E-state index contributed by atoms with van der Waals surface area (Å²) in [7, 11) is -1.67. The minimum Gasteiger partial charge on any atom is -0.489 e. The van der Waals surface area contributed by atoms with Gasteiger partial charge in [-0.25, -0.2) is 13.4 Å². The molecule has 2 aliphatic rings. The molecule has 0 aliphatic carbocycles. The van der Waals surface area contributed by atoms with Gasteiger partial charge in [-0.3, -0.25) is 4.90 Å². The Kier molecular flexibility index (Phi) is 4.46. The number of hydrogen-bond acceptors (Lipinski definition) is 5. The number of imidazole rings is 1. The van der Waals surface area contributed by atoms with Crippen molar-refractivity contribution in [2.45, 2.75) is 30.4 Å². The molecule has 2 aliphatic heterocycles. The van der Waals surface area contributed by atoms with Crippen molar-refractivity contribution in [3.8, 4) is 5.75 Å². The second kappa shape index (κ2) is 6.53. The van der Waals surface area contributed by atoms with Crippen molar-refractivity contribution in [3.05, 3.63) is 40.9 Å². The Morgan fingerprint density at radius 3 is 2.88 bits per heavy atom. The number of piperazine rings is 1. The molecule has 1 aromatic carbocycles. The molecule has 140 valence electrons. The van der Waals surface area contributed by atoms with Crippen molar-refractivity contribution in [2.24, 2.45) is 0 Å². The fraction of sp³-hybridized carbons (Fsp3) is 0.471. The van der Waals surface area contributed by atoms with Crippen molar-refractivity contribution in [2.75, 3.05) is 26.7 Å². The van der Waals surface area contributed by atoms with Crippen LogP contribution in [0.4, 0.5) is 0 Å². The first-order chi connectivity index (χ1) is 12.4. The average Bonchev–Trinajstić information content (AvgIpc) is 3.24. The molecule has 0 bridgehead atoms. The van der Waals surface area contributed by atoms with Crippen LogP contribution in [0.15, 0.2) is 29.4 Å². The molecule has 0 spiro atoms. The molecule has 2 aromatic rings.